The van der Waals surface area contributed by atoms with E-state index in [2.05, 4.69) is 13.8 Å². The third-order valence-corrected chi connectivity index (χ3v) is 4.58. The van der Waals surface area contributed by atoms with Crippen molar-refractivity contribution in [3.63, 3.8) is 0 Å². The molecule has 1 unspecified atom stereocenters. The molecule has 18 heavy (non-hydrogen) atoms. The van der Waals surface area contributed by atoms with Gasteiger partial charge in [-0.15, -0.1) is 0 Å². The van der Waals surface area contributed by atoms with E-state index in [0.29, 0.717) is 10.9 Å². The summed E-state index contributed by atoms with van der Waals surface area (Å²) in [6.45, 7) is 4.13. The van der Waals surface area contributed by atoms with Crippen molar-refractivity contribution >= 4 is 11.6 Å². The van der Waals surface area contributed by atoms with Crippen LogP contribution in [0.5, 0.6) is 0 Å². The van der Waals surface area contributed by atoms with Crippen molar-refractivity contribution in [3.8, 4) is 0 Å². The lowest BCUT2D eigenvalue weighted by atomic mass is 9.84. The highest BCUT2D eigenvalue weighted by Crippen LogP contribution is 2.35. The van der Waals surface area contributed by atoms with Crippen LogP contribution < -0.4 is 0 Å². The number of rotatable bonds is 3. The summed E-state index contributed by atoms with van der Waals surface area (Å²) in [7, 11) is 0. The molecule has 0 bridgehead atoms. The minimum atomic E-state index is -0.403. The number of aliphatic hydroxyl groups is 1. The summed E-state index contributed by atoms with van der Waals surface area (Å²) in [5.41, 5.74) is 3.30. The van der Waals surface area contributed by atoms with Gasteiger partial charge in [-0.2, -0.15) is 0 Å². The van der Waals surface area contributed by atoms with Gasteiger partial charge in [0, 0.05) is 5.02 Å². The molecule has 0 spiro atoms. The molecular formula is C16H23ClO. The summed E-state index contributed by atoms with van der Waals surface area (Å²) in [6.07, 6.45) is 6.98. The van der Waals surface area contributed by atoms with E-state index in [9.17, 15) is 5.11 Å². The molecule has 1 N–H and O–H groups in total. The van der Waals surface area contributed by atoms with E-state index in [1.165, 1.54) is 43.2 Å². The molecule has 1 fully saturated rings. The van der Waals surface area contributed by atoms with Gasteiger partial charge in [0.25, 0.3) is 0 Å². The Morgan fingerprint density at radius 2 is 1.78 bits per heavy atom. The minimum absolute atomic E-state index is 0.403. The zero-order valence-corrected chi connectivity index (χ0v) is 12.1. The molecule has 1 aromatic rings. The first-order valence-corrected chi connectivity index (χ1v) is 7.40. The Morgan fingerprint density at radius 3 is 2.44 bits per heavy atom. The fourth-order valence-corrected chi connectivity index (χ4v) is 3.27. The molecule has 0 amide bonds. The van der Waals surface area contributed by atoms with Gasteiger partial charge in [0.2, 0.25) is 0 Å². The Labute approximate surface area is 115 Å². The molecule has 0 radical (unpaired) electrons. The zero-order valence-electron chi connectivity index (χ0n) is 11.4. The number of benzene rings is 1. The molecule has 1 aliphatic carbocycles. The van der Waals surface area contributed by atoms with Crippen molar-refractivity contribution < 1.29 is 5.11 Å². The van der Waals surface area contributed by atoms with Crippen LogP contribution in [-0.2, 0) is 0 Å². The summed E-state index contributed by atoms with van der Waals surface area (Å²) in [5, 5.41) is 11.1. The van der Waals surface area contributed by atoms with Gasteiger partial charge in [-0.05, 0) is 48.9 Å². The highest BCUT2D eigenvalue weighted by molar-refractivity contribution is 6.31. The number of aliphatic hydroxyl groups excluding tert-OH is 1. The number of hydrogen-bond donors (Lipinski definition) is 1. The van der Waals surface area contributed by atoms with Crippen molar-refractivity contribution in [2.24, 2.45) is 5.92 Å². The van der Waals surface area contributed by atoms with Crippen molar-refractivity contribution in [2.75, 3.05) is 0 Å². The fourth-order valence-electron chi connectivity index (χ4n) is 2.92. The normalized spacial score (nSPS) is 18.9. The first kappa shape index (κ1) is 13.9. The lowest BCUT2D eigenvalue weighted by Gasteiger charge is -2.25. The lowest BCUT2D eigenvalue weighted by molar-refractivity contribution is 0.131. The predicted octanol–water partition coefficient (Wildman–Crippen LogP) is 4.96. The van der Waals surface area contributed by atoms with Gasteiger partial charge in [-0.25, -0.2) is 0 Å². The molecule has 1 aromatic carbocycles. The van der Waals surface area contributed by atoms with Gasteiger partial charge in [0.15, 0.2) is 0 Å². The monoisotopic (exact) mass is 266 g/mol. The first-order chi connectivity index (χ1) is 8.58. The molecule has 2 rings (SSSR count). The van der Waals surface area contributed by atoms with Crippen LogP contribution in [0.1, 0.15) is 61.3 Å². The molecule has 1 nitrogen and oxygen atoms in total. The average molecular weight is 267 g/mol. The Morgan fingerprint density at radius 1 is 1.17 bits per heavy atom. The van der Waals surface area contributed by atoms with Gasteiger partial charge >= 0.3 is 0 Å². The summed E-state index contributed by atoms with van der Waals surface area (Å²) in [4.78, 5) is 0. The molecule has 0 heterocycles. The Kier molecular flexibility index (Phi) is 4.69. The van der Waals surface area contributed by atoms with Gasteiger partial charge < -0.3 is 5.11 Å². The van der Waals surface area contributed by atoms with E-state index >= 15 is 0 Å². The van der Waals surface area contributed by atoms with E-state index in [1.54, 1.807) is 0 Å². The van der Waals surface area contributed by atoms with Crippen LogP contribution >= 0.6 is 11.6 Å². The summed E-state index contributed by atoms with van der Waals surface area (Å²) in [6, 6.07) is 4.02. The van der Waals surface area contributed by atoms with Crippen LogP contribution in [0.25, 0.3) is 0 Å². The Balaban J connectivity index is 2.08. The summed E-state index contributed by atoms with van der Waals surface area (Å²) < 4.78 is 0. The molecule has 1 aliphatic rings. The van der Waals surface area contributed by atoms with E-state index in [0.717, 1.165) is 12.0 Å². The van der Waals surface area contributed by atoms with Crippen LogP contribution in [0.2, 0.25) is 5.02 Å². The predicted molar refractivity (Wildman–Crippen MR) is 77.1 cm³/mol. The maximum atomic E-state index is 10.4. The van der Waals surface area contributed by atoms with Crippen molar-refractivity contribution in [3.05, 3.63) is 33.8 Å². The van der Waals surface area contributed by atoms with E-state index in [4.69, 9.17) is 11.6 Å². The van der Waals surface area contributed by atoms with Crippen molar-refractivity contribution in [2.45, 2.75) is 58.5 Å². The minimum Gasteiger partial charge on any atom is -0.388 e. The Hall–Kier alpha value is -0.530. The van der Waals surface area contributed by atoms with Gasteiger partial charge in [0.05, 0.1) is 6.10 Å². The quantitative estimate of drug-likeness (QED) is 0.820. The highest BCUT2D eigenvalue weighted by atomic mass is 35.5. The molecule has 100 valence electrons. The van der Waals surface area contributed by atoms with Crippen LogP contribution in [0, 0.1) is 19.8 Å². The molecule has 1 atom stereocenters. The second-order valence-corrected chi connectivity index (χ2v) is 6.12. The molecule has 0 aliphatic heterocycles. The smallest absolute Gasteiger partial charge is 0.0807 e. The molecule has 2 heteroatoms. The highest BCUT2D eigenvalue weighted by Gasteiger charge is 2.20. The zero-order chi connectivity index (χ0) is 13.1. The van der Waals surface area contributed by atoms with E-state index < -0.39 is 6.10 Å². The second kappa shape index (κ2) is 6.08. The van der Waals surface area contributed by atoms with Crippen molar-refractivity contribution in [1.29, 1.82) is 0 Å². The standard InChI is InChI=1S/C16H23ClO/c1-11-8-14(15(17)9-12(11)2)16(18)10-13-6-4-3-5-7-13/h8-9,13,16,18H,3-7,10H2,1-2H3. The first-order valence-electron chi connectivity index (χ1n) is 7.02. The summed E-state index contributed by atoms with van der Waals surface area (Å²) in [5.74, 6) is 0.673. The van der Waals surface area contributed by atoms with Gasteiger partial charge in [-0.1, -0.05) is 49.8 Å². The third-order valence-electron chi connectivity index (χ3n) is 4.25. The molecule has 0 aromatic heterocycles. The number of hydrogen-bond acceptors (Lipinski definition) is 1. The van der Waals surface area contributed by atoms with Crippen molar-refractivity contribution in [1.82, 2.24) is 0 Å². The summed E-state index contributed by atoms with van der Waals surface area (Å²) >= 11 is 6.25. The molecule has 0 saturated heterocycles. The van der Waals surface area contributed by atoms with Crippen LogP contribution in [-0.4, -0.2) is 5.11 Å². The number of aryl methyl sites for hydroxylation is 2. The van der Waals surface area contributed by atoms with E-state index in [1.807, 2.05) is 12.1 Å². The lowest BCUT2D eigenvalue weighted by Crippen LogP contribution is -2.11. The topological polar surface area (TPSA) is 20.2 Å². The Bertz CT molecular complexity index is 408. The maximum absolute atomic E-state index is 10.4. The molecular weight excluding hydrogens is 244 g/mol. The third kappa shape index (κ3) is 3.27. The van der Waals surface area contributed by atoms with E-state index in [-0.39, 0.29) is 0 Å². The SMILES string of the molecule is Cc1cc(Cl)c(C(O)CC2CCCCC2)cc1C. The molecule has 1 saturated carbocycles. The number of halogens is 1. The van der Waals surface area contributed by atoms with Crippen LogP contribution in [0.15, 0.2) is 12.1 Å². The average Bonchev–Trinajstić information content (AvgIpc) is 2.35. The maximum Gasteiger partial charge on any atom is 0.0807 e. The van der Waals surface area contributed by atoms with Gasteiger partial charge in [0.1, 0.15) is 0 Å². The van der Waals surface area contributed by atoms with Crippen LogP contribution in [0.3, 0.4) is 0 Å². The fraction of sp³-hybridized carbons (Fsp3) is 0.625. The second-order valence-electron chi connectivity index (χ2n) is 5.71. The largest absolute Gasteiger partial charge is 0.388 e. The van der Waals surface area contributed by atoms with Crippen LogP contribution in [0.4, 0.5) is 0 Å². The van der Waals surface area contributed by atoms with Gasteiger partial charge in [-0.3, -0.25) is 0 Å².